The van der Waals surface area contributed by atoms with Crippen LogP contribution in [0, 0.1) is 0 Å². The first-order chi connectivity index (χ1) is 15.1. The van der Waals surface area contributed by atoms with Crippen molar-refractivity contribution in [3.05, 3.63) is 83.3 Å². The second-order valence-electron chi connectivity index (χ2n) is 7.39. The van der Waals surface area contributed by atoms with Crippen LogP contribution in [-0.2, 0) is 11.2 Å². The van der Waals surface area contributed by atoms with Crippen LogP contribution >= 0.6 is 0 Å². The van der Waals surface area contributed by atoms with Gasteiger partial charge in [-0.05, 0) is 48.9 Å². The van der Waals surface area contributed by atoms with Crippen LogP contribution in [0.1, 0.15) is 40.3 Å². The lowest BCUT2D eigenvalue weighted by Crippen LogP contribution is -2.42. The third-order valence-electron chi connectivity index (χ3n) is 5.16. The van der Waals surface area contributed by atoms with Gasteiger partial charge in [-0.2, -0.15) is 0 Å². The summed E-state index contributed by atoms with van der Waals surface area (Å²) in [4.78, 5) is 23.4. The summed E-state index contributed by atoms with van der Waals surface area (Å²) in [6, 6.07) is 17.3. The molecule has 160 valence electrons. The summed E-state index contributed by atoms with van der Waals surface area (Å²) in [5.41, 5.74) is 9.09. The molecule has 1 fully saturated rings. The molecule has 0 saturated carbocycles. The highest BCUT2D eigenvalue weighted by Gasteiger charge is 2.27. The Balaban J connectivity index is 1.44. The van der Waals surface area contributed by atoms with Crippen LogP contribution in [0.25, 0.3) is 0 Å². The number of nitrogens with zero attached hydrogens (tertiary/aromatic N) is 3. The topological polar surface area (TPSA) is 90.6 Å². The first-order valence-corrected chi connectivity index (χ1v) is 10.4. The SMILES string of the molecule is CCOc1ccc(Cc2cccc([C@@H]3CN(C(=O)c4ccc(N)nc4)CCO3)n2)cc1. The Morgan fingerprint density at radius 3 is 2.77 bits per heavy atom. The number of benzene rings is 1. The lowest BCUT2D eigenvalue weighted by Gasteiger charge is -2.32. The number of ether oxygens (including phenoxy) is 2. The minimum Gasteiger partial charge on any atom is -0.494 e. The number of anilines is 1. The van der Waals surface area contributed by atoms with E-state index in [0.717, 1.165) is 22.7 Å². The van der Waals surface area contributed by atoms with E-state index in [9.17, 15) is 4.79 Å². The molecule has 1 aliphatic heterocycles. The molecule has 0 radical (unpaired) electrons. The molecule has 2 aromatic heterocycles. The Hall–Kier alpha value is -3.45. The number of rotatable bonds is 6. The molecule has 0 bridgehead atoms. The van der Waals surface area contributed by atoms with E-state index < -0.39 is 0 Å². The van der Waals surface area contributed by atoms with Crippen molar-refractivity contribution in [1.82, 2.24) is 14.9 Å². The predicted octanol–water partition coefficient (Wildman–Crippen LogP) is 3.26. The van der Waals surface area contributed by atoms with Gasteiger partial charge >= 0.3 is 0 Å². The summed E-state index contributed by atoms with van der Waals surface area (Å²) in [7, 11) is 0. The normalized spacial score (nSPS) is 16.2. The quantitative estimate of drug-likeness (QED) is 0.661. The number of carbonyl (C=O) groups excluding carboxylic acids is 1. The molecule has 0 spiro atoms. The molecular formula is C24H26N4O3. The Morgan fingerprint density at radius 2 is 2.03 bits per heavy atom. The molecule has 4 rings (SSSR count). The van der Waals surface area contributed by atoms with Gasteiger partial charge in [0.2, 0.25) is 0 Å². The maximum Gasteiger partial charge on any atom is 0.255 e. The fourth-order valence-corrected chi connectivity index (χ4v) is 3.58. The molecule has 0 aliphatic carbocycles. The summed E-state index contributed by atoms with van der Waals surface area (Å²) < 4.78 is 11.4. The van der Waals surface area contributed by atoms with E-state index in [0.29, 0.717) is 44.1 Å². The molecule has 2 N–H and O–H groups in total. The Kier molecular flexibility index (Phi) is 6.43. The summed E-state index contributed by atoms with van der Waals surface area (Å²) in [6.07, 6.45) is 1.96. The van der Waals surface area contributed by atoms with Gasteiger partial charge in [0, 0.05) is 24.9 Å². The number of pyridine rings is 2. The smallest absolute Gasteiger partial charge is 0.255 e. The number of nitrogen functional groups attached to an aromatic ring is 1. The third-order valence-corrected chi connectivity index (χ3v) is 5.16. The van der Waals surface area contributed by atoms with E-state index >= 15 is 0 Å². The van der Waals surface area contributed by atoms with Crippen molar-refractivity contribution in [1.29, 1.82) is 0 Å². The van der Waals surface area contributed by atoms with Gasteiger partial charge in [-0.15, -0.1) is 0 Å². The van der Waals surface area contributed by atoms with Crippen LogP contribution < -0.4 is 10.5 Å². The van der Waals surface area contributed by atoms with Crippen LogP contribution in [0.4, 0.5) is 5.82 Å². The summed E-state index contributed by atoms with van der Waals surface area (Å²) in [5, 5.41) is 0. The number of nitrogens with two attached hydrogens (primary N) is 1. The van der Waals surface area contributed by atoms with E-state index in [1.54, 1.807) is 17.0 Å². The largest absolute Gasteiger partial charge is 0.494 e. The van der Waals surface area contributed by atoms with Gasteiger partial charge in [0.15, 0.2) is 0 Å². The first-order valence-electron chi connectivity index (χ1n) is 10.4. The molecule has 1 aliphatic rings. The van der Waals surface area contributed by atoms with Crippen molar-refractivity contribution in [2.75, 3.05) is 32.0 Å². The van der Waals surface area contributed by atoms with Crippen LogP contribution in [-0.4, -0.2) is 47.1 Å². The van der Waals surface area contributed by atoms with Gasteiger partial charge < -0.3 is 20.1 Å². The number of morpholine rings is 1. The molecule has 31 heavy (non-hydrogen) atoms. The van der Waals surface area contributed by atoms with E-state index in [1.165, 1.54) is 6.20 Å². The monoisotopic (exact) mass is 418 g/mol. The lowest BCUT2D eigenvalue weighted by atomic mass is 10.1. The number of hydrogen-bond donors (Lipinski definition) is 1. The standard InChI is InChI=1S/C24H26N4O3/c1-2-30-20-9-6-17(7-10-20)14-19-4-3-5-21(27-19)22-16-28(12-13-31-22)24(29)18-8-11-23(25)26-15-18/h3-11,15,22H,2,12-14,16H2,1H3,(H2,25,26)/t22-/m0/s1. The van der Waals surface area contributed by atoms with Gasteiger partial charge in [0.05, 0.1) is 31.0 Å². The first kappa shape index (κ1) is 20.8. The number of hydrogen-bond acceptors (Lipinski definition) is 6. The second-order valence-corrected chi connectivity index (χ2v) is 7.39. The maximum absolute atomic E-state index is 12.8. The zero-order valence-corrected chi connectivity index (χ0v) is 17.5. The Labute approximate surface area is 181 Å². The molecule has 0 unspecified atom stereocenters. The van der Waals surface area contributed by atoms with E-state index in [1.807, 2.05) is 37.3 Å². The molecule has 1 atom stereocenters. The van der Waals surface area contributed by atoms with Crippen LogP contribution in [0.2, 0.25) is 0 Å². The molecule has 3 aromatic rings. The average Bonchev–Trinajstić information content (AvgIpc) is 2.81. The highest BCUT2D eigenvalue weighted by atomic mass is 16.5. The highest BCUT2D eigenvalue weighted by Crippen LogP contribution is 2.23. The Morgan fingerprint density at radius 1 is 1.19 bits per heavy atom. The highest BCUT2D eigenvalue weighted by molar-refractivity contribution is 5.94. The molecule has 7 heteroatoms. The molecule has 1 aromatic carbocycles. The number of amides is 1. The van der Waals surface area contributed by atoms with Gasteiger partial charge in [-0.1, -0.05) is 18.2 Å². The predicted molar refractivity (Wildman–Crippen MR) is 118 cm³/mol. The zero-order valence-electron chi connectivity index (χ0n) is 17.5. The molecular weight excluding hydrogens is 392 g/mol. The maximum atomic E-state index is 12.8. The molecule has 1 amide bonds. The fraction of sp³-hybridized carbons (Fsp3) is 0.292. The van der Waals surface area contributed by atoms with E-state index in [-0.39, 0.29) is 12.0 Å². The van der Waals surface area contributed by atoms with Crippen molar-refractivity contribution in [3.8, 4) is 5.75 Å². The average molecular weight is 418 g/mol. The number of carbonyl (C=O) groups is 1. The zero-order chi connectivity index (χ0) is 21.6. The van der Waals surface area contributed by atoms with Gasteiger partial charge in [0.1, 0.15) is 17.7 Å². The van der Waals surface area contributed by atoms with Crippen LogP contribution in [0.15, 0.2) is 60.8 Å². The van der Waals surface area contributed by atoms with E-state index in [4.69, 9.17) is 20.2 Å². The lowest BCUT2D eigenvalue weighted by molar-refractivity contribution is -0.0248. The molecule has 1 saturated heterocycles. The second kappa shape index (κ2) is 9.57. The molecule has 7 nitrogen and oxygen atoms in total. The van der Waals surface area contributed by atoms with Gasteiger partial charge in [-0.3, -0.25) is 9.78 Å². The Bertz CT molecular complexity index is 1020. The van der Waals surface area contributed by atoms with Crippen molar-refractivity contribution >= 4 is 11.7 Å². The van der Waals surface area contributed by atoms with Crippen molar-refractivity contribution in [3.63, 3.8) is 0 Å². The minimum atomic E-state index is -0.264. The van der Waals surface area contributed by atoms with E-state index in [2.05, 4.69) is 17.1 Å². The summed E-state index contributed by atoms with van der Waals surface area (Å²) >= 11 is 0. The minimum absolute atomic E-state index is 0.0775. The number of aromatic nitrogens is 2. The van der Waals surface area contributed by atoms with Gasteiger partial charge in [0.25, 0.3) is 5.91 Å². The fourth-order valence-electron chi connectivity index (χ4n) is 3.58. The summed E-state index contributed by atoms with van der Waals surface area (Å²) in [6.45, 7) is 4.06. The van der Waals surface area contributed by atoms with Crippen molar-refractivity contribution in [2.45, 2.75) is 19.4 Å². The third kappa shape index (κ3) is 5.19. The van der Waals surface area contributed by atoms with Crippen LogP contribution in [0.3, 0.4) is 0 Å². The van der Waals surface area contributed by atoms with Crippen molar-refractivity contribution in [2.24, 2.45) is 0 Å². The molecule has 3 heterocycles. The van der Waals surface area contributed by atoms with Crippen LogP contribution in [0.5, 0.6) is 5.75 Å². The van der Waals surface area contributed by atoms with Gasteiger partial charge in [-0.25, -0.2) is 4.98 Å². The van der Waals surface area contributed by atoms with Crippen molar-refractivity contribution < 1.29 is 14.3 Å². The summed E-state index contributed by atoms with van der Waals surface area (Å²) in [5.74, 6) is 1.18.